The predicted molar refractivity (Wildman–Crippen MR) is 115 cm³/mol. The van der Waals surface area contributed by atoms with Gasteiger partial charge in [0.1, 0.15) is 10.6 Å². The molecule has 3 aromatic rings. The zero-order chi connectivity index (χ0) is 21.1. The second-order valence-electron chi connectivity index (χ2n) is 7.23. The molecule has 0 saturated carbocycles. The summed E-state index contributed by atoms with van der Waals surface area (Å²) in [6, 6.07) is 16.0. The lowest BCUT2D eigenvalue weighted by molar-refractivity contribution is -0.120. The molecule has 0 bridgehead atoms. The first-order valence-corrected chi connectivity index (χ1v) is 11.2. The zero-order valence-electron chi connectivity index (χ0n) is 16.6. The number of aromatic nitrogens is 1. The van der Waals surface area contributed by atoms with E-state index in [1.54, 1.807) is 49.7 Å². The van der Waals surface area contributed by atoms with Crippen molar-refractivity contribution in [2.45, 2.75) is 17.7 Å². The fourth-order valence-electron chi connectivity index (χ4n) is 3.73. The normalized spacial score (nSPS) is 15.8. The van der Waals surface area contributed by atoms with Crippen molar-refractivity contribution < 1.29 is 17.9 Å². The minimum Gasteiger partial charge on any atom is -0.497 e. The molecule has 1 N–H and O–H groups in total. The summed E-state index contributed by atoms with van der Waals surface area (Å²) >= 11 is 0. The molecule has 2 aromatic carbocycles. The van der Waals surface area contributed by atoms with Crippen molar-refractivity contribution in [3.63, 3.8) is 0 Å². The van der Waals surface area contributed by atoms with Gasteiger partial charge in [0.15, 0.2) is 0 Å². The maximum absolute atomic E-state index is 13.2. The fourth-order valence-corrected chi connectivity index (χ4v) is 5.36. The summed E-state index contributed by atoms with van der Waals surface area (Å²) in [7, 11) is -2.11. The average Bonchev–Trinajstić information content (AvgIpc) is 2.79. The van der Waals surface area contributed by atoms with Crippen LogP contribution in [0.5, 0.6) is 5.75 Å². The van der Waals surface area contributed by atoms with Crippen molar-refractivity contribution in [2.75, 3.05) is 25.5 Å². The van der Waals surface area contributed by atoms with E-state index in [9.17, 15) is 13.2 Å². The number of hydrogen-bond acceptors (Lipinski definition) is 5. The molecule has 1 saturated heterocycles. The summed E-state index contributed by atoms with van der Waals surface area (Å²) in [5.74, 6) is 0.317. The Morgan fingerprint density at radius 3 is 2.60 bits per heavy atom. The third-order valence-corrected chi connectivity index (χ3v) is 7.31. The van der Waals surface area contributed by atoms with Gasteiger partial charge in [-0.1, -0.05) is 24.3 Å². The first-order valence-electron chi connectivity index (χ1n) is 9.78. The highest BCUT2D eigenvalue weighted by atomic mass is 32.2. The number of carbonyl (C=O) groups is 1. The molecular formula is C22H23N3O4S. The number of carbonyl (C=O) groups excluding carboxylic acids is 1. The van der Waals surface area contributed by atoms with Crippen LogP contribution in [0.25, 0.3) is 10.9 Å². The van der Waals surface area contributed by atoms with Crippen LogP contribution >= 0.6 is 0 Å². The van der Waals surface area contributed by atoms with E-state index >= 15 is 0 Å². The van der Waals surface area contributed by atoms with Crippen LogP contribution in [0.3, 0.4) is 0 Å². The molecule has 1 aliphatic rings. The van der Waals surface area contributed by atoms with E-state index in [1.807, 2.05) is 18.2 Å². The molecular weight excluding hydrogens is 402 g/mol. The summed E-state index contributed by atoms with van der Waals surface area (Å²) in [5, 5.41) is 3.68. The van der Waals surface area contributed by atoms with Crippen LogP contribution in [0.2, 0.25) is 0 Å². The second kappa shape index (κ2) is 8.41. The molecule has 0 spiro atoms. The fraction of sp³-hybridized carbons (Fsp3) is 0.273. The topological polar surface area (TPSA) is 88.6 Å². The Bertz CT molecular complexity index is 1170. The Morgan fingerprint density at radius 2 is 1.83 bits per heavy atom. The first kappa shape index (κ1) is 20.3. The number of anilines is 1. The number of benzene rings is 2. The van der Waals surface area contributed by atoms with Crippen molar-refractivity contribution in [3.8, 4) is 5.75 Å². The van der Waals surface area contributed by atoms with Crippen LogP contribution in [0, 0.1) is 5.92 Å². The largest absolute Gasteiger partial charge is 0.497 e. The van der Waals surface area contributed by atoms with E-state index in [1.165, 1.54) is 4.31 Å². The smallest absolute Gasteiger partial charge is 0.245 e. The van der Waals surface area contributed by atoms with Gasteiger partial charge < -0.3 is 10.1 Å². The highest BCUT2D eigenvalue weighted by Crippen LogP contribution is 2.28. The van der Waals surface area contributed by atoms with Gasteiger partial charge in [0.05, 0.1) is 12.6 Å². The third kappa shape index (κ3) is 4.01. The number of hydrogen-bond donors (Lipinski definition) is 1. The first-order chi connectivity index (χ1) is 14.5. The number of nitrogens with one attached hydrogen (secondary N) is 1. The highest BCUT2D eigenvalue weighted by Gasteiger charge is 2.33. The summed E-state index contributed by atoms with van der Waals surface area (Å²) in [6.07, 6.45) is 2.52. The SMILES string of the molecule is COc1cccc(NC(=O)C2CCN(S(=O)(=O)c3cccc4cccnc34)CC2)c1. The van der Waals surface area contributed by atoms with Gasteiger partial charge in [-0.15, -0.1) is 0 Å². The monoisotopic (exact) mass is 425 g/mol. The van der Waals surface area contributed by atoms with Crippen LogP contribution in [0.15, 0.2) is 65.7 Å². The maximum Gasteiger partial charge on any atom is 0.245 e. The molecule has 1 aromatic heterocycles. The van der Waals surface area contributed by atoms with Crippen LogP contribution in [-0.4, -0.2) is 43.8 Å². The molecule has 156 valence electrons. The number of methoxy groups -OCH3 is 1. The predicted octanol–water partition coefficient (Wildman–Crippen LogP) is 3.28. The Morgan fingerprint density at radius 1 is 1.10 bits per heavy atom. The van der Waals surface area contributed by atoms with Crippen molar-refractivity contribution in [1.82, 2.24) is 9.29 Å². The number of fused-ring (bicyclic) bond motifs is 1. The molecule has 7 nitrogen and oxygen atoms in total. The number of sulfonamides is 1. The number of para-hydroxylation sites is 1. The zero-order valence-corrected chi connectivity index (χ0v) is 17.4. The lowest BCUT2D eigenvalue weighted by Gasteiger charge is -2.30. The summed E-state index contributed by atoms with van der Waals surface area (Å²) in [6.45, 7) is 0.587. The summed E-state index contributed by atoms with van der Waals surface area (Å²) in [5.41, 5.74) is 1.13. The molecule has 1 aliphatic heterocycles. The Kier molecular flexibility index (Phi) is 5.69. The molecule has 1 fully saturated rings. The van der Waals surface area contributed by atoms with Gasteiger partial charge in [0.25, 0.3) is 0 Å². The van der Waals surface area contributed by atoms with E-state index in [0.717, 1.165) is 5.39 Å². The standard InChI is InChI=1S/C22H23N3O4S/c1-29-19-8-3-7-18(15-19)24-22(26)17-10-13-25(14-11-17)30(27,28)20-9-2-5-16-6-4-12-23-21(16)20/h2-9,12,15,17H,10-11,13-14H2,1H3,(H,24,26). The van der Waals surface area contributed by atoms with Gasteiger partial charge in [0.2, 0.25) is 15.9 Å². The minimum atomic E-state index is -3.68. The molecule has 0 unspecified atom stereocenters. The maximum atomic E-state index is 13.2. The van der Waals surface area contributed by atoms with Gasteiger partial charge in [0, 0.05) is 42.3 Å². The lowest BCUT2D eigenvalue weighted by atomic mass is 9.97. The number of rotatable bonds is 5. The number of pyridine rings is 1. The van der Waals surface area contributed by atoms with E-state index in [4.69, 9.17) is 4.74 Å². The van der Waals surface area contributed by atoms with Crippen LogP contribution in [0.4, 0.5) is 5.69 Å². The molecule has 8 heteroatoms. The van der Waals surface area contributed by atoms with E-state index in [2.05, 4.69) is 10.3 Å². The highest BCUT2D eigenvalue weighted by molar-refractivity contribution is 7.89. The number of nitrogens with zero attached hydrogens (tertiary/aromatic N) is 2. The average molecular weight is 426 g/mol. The van der Waals surface area contributed by atoms with Crippen LogP contribution < -0.4 is 10.1 Å². The lowest BCUT2D eigenvalue weighted by Crippen LogP contribution is -2.41. The molecule has 2 heterocycles. The number of amides is 1. The van der Waals surface area contributed by atoms with Gasteiger partial charge in [-0.3, -0.25) is 9.78 Å². The number of ether oxygens (including phenoxy) is 1. The molecule has 1 amide bonds. The summed E-state index contributed by atoms with van der Waals surface area (Å²) in [4.78, 5) is 17.1. The molecule has 0 radical (unpaired) electrons. The van der Waals surface area contributed by atoms with Crippen LogP contribution in [0.1, 0.15) is 12.8 Å². The quantitative estimate of drug-likeness (QED) is 0.678. The Balaban J connectivity index is 1.45. The van der Waals surface area contributed by atoms with Crippen molar-refractivity contribution >= 4 is 32.5 Å². The van der Waals surface area contributed by atoms with Gasteiger partial charge >= 0.3 is 0 Å². The molecule has 30 heavy (non-hydrogen) atoms. The van der Waals surface area contributed by atoms with Gasteiger partial charge in [-0.25, -0.2) is 8.42 Å². The van der Waals surface area contributed by atoms with E-state index in [0.29, 0.717) is 42.9 Å². The molecule has 0 aliphatic carbocycles. The molecule has 0 atom stereocenters. The Labute approximate surface area is 175 Å². The van der Waals surface area contributed by atoms with Gasteiger partial charge in [-0.05, 0) is 37.1 Å². The van der Waals surface area contributed by atoms with Crippen molar-refractivity contribution in [3.05, 3.63) is 60.8 Å². The molecule has 4 rings (SSSR count). The minimum absolute atomic E-state index is 0.105. The van der Waals surface area contributed by atoms with Crippen molar-refractivity contribution in [2.24, 2.45) is 5.92 Å². The number of piperidine rings is 1. The summed E-state index contributed by atoms with van der Waals surface area (Å²) < 4.78 is 33.0. The third-order valence-electron chi connectivity index (χ3n) is 5.38. The van der Waals surface area contributed by atoms with Crippen LogP contribution in [-0.2, 0) is 14.8 Å². The second-order valence-corrected chi connectivity index (χ2v) is 9.14. The van der Waals surface area contributed by atoms with Gasteiger partial charge in [-0.2, -0.15) is 4.31 Å². The van der Waals surface area contributed by atoms with E-state index < -0.39 is 10.0 Å². The van der Waals surface area contributed by atoms with E-state index in [-0.39, 0.29) is 16.7 Å². The van der Waals surface area contributed by atoms with Crippen molar-refractivity contribution in [1.29, 1.82) is 0 Å². The Hall–Kier alpha value is -2.97.